The quantitative estimate of drug-likeness (QED) is 0.713. The van der Waals surface area contributed by atoms with Crippen molar-refractivity contribution in [3.8, 4) is 11.5 Å². The molecule has 0 saturated heterocycles. The van der Waals surface area contributed by atoms with Crippen LogP contribution < -0.4 is 5.32 Å². The Kier molecular flexibility index (Phi) is 4.71. The highest BCUT2D eigenvalue weighted by atomic mass is 35.5. The van der Waals surface area contributed by atoms with Gasteiger partial charge in [0.25, 0.3) is 5.91 Å². The summed E-state index contributed by atoms with van der Waals surface area (Å²) >= 11 is 6.02. The van der Waals surface area contributed by atoms with Gasteiger partial charge in [-0.2, -0.15) is 0 Å². The van der Waals surface area contributed by atoms with Crippen molar-refractivity contribution < 1.29 is 22.4 Å². The molecule has 2 aromatic carbocycles. The van der Waals surface area contributed by atoms with Gasteiger partial charge in [-0.25, -0.2) is 13.2 Å². The van der Waals surface area contributed by atoms with Gasteiger partial charge in [-0.3, -0.25) is 4.79 Å². The Morgan fingerprint density at radius 1 is 1.08 bits per heavy atom. The third-order valence-corrected chi connectivity index (χ3v) is 3.58. The first-order chi connectivity index (χ1) is 12.0. The Balaban J connectivity index is 1.72. The number of hydrogen-bond donors (Lipinski definition) is 1. The van der Waals surface area contributed by atoms with Gasteiger partial charge in [0.1, 0.15) is 0 Å². The predicted molar refractivity (Wildman–Crippen MR) is 82.2 cm³/mol. The molecule has 1 heterocycles. The zero-order valence-electron chi connectivity index (χ0n) is 12.4. The van der Waals surface area contributed by atoms with E-state index in [1.165, 1.54) is 0 Å². The molecule has 3 aromatic rings. The molecule has 0 saturated carbocycles. The summed E-state index contributed by atoms with van der Waals surface area (Å²) in [6.45, 7) is -0.227. The summed E-state index contributed by atoms with van der Waals surface area (Å²) in [5, 5.41) is 10.2. The number of rotatable bonds is 4. The largest absolute Gasteiger partial charge is 0.419 e. The summed E-state index contributed by atoms with van der Waals surface area (Å²) in [4.78, 5) is 11.9. The summed E-state index contributed by atoms with van der Waals surface area (Å²) in [6, 6.07) is 8.29. The number of carbonyl (C=O) groups is 1. The lowest BCUT2D eigenvalue weighted by Crippen LogP contribution is -2.24. The Hall–Kier alpha value is -2.87. The first-order valence-electron chi connectivity index (χ1n) is 6.96. The number of carbonyl (C=O) groups excluding carboxylic acids is 1. The van der Waals surface area contributed by atoms with Gasteiger partial charge in [-0.05, 0) is 24.3 Å². The molecule has 25 heavy (non-hydrogen) atoms. The van der Waals surface area contributed by atoms with Crippen molar-refractivity contribution in [2.45, 2.75) is 6.54 Å². The van der Waals surface area contributed by atoms with Crippen LogP contribution in [0.4, 0.5) is 13.2 Å². The molecule has 5 nitrogen and oxygen atoms in total. The number of halogens is 4. The van der Waals surface area contributed by atoms with E-state index in [1.807, 2.05) is 0 Å². The van der Waals surface area contributed by atoms with Gasteiger partial charge in [-0.1, -0.05) is 23.7 Å². The fourth-order valence-electron chi connectivity index (χ4n) is 2.02. The highest BCUT2D eigenvalue weighted by Crippen LogP contribution is 2.26. The van der Waals surface area contributed by atoms with Crippen LogP contribution in [0.5, 0.6) is 0 Å². The average molecular weight is 368 g/mol. The molecular formula is C16H9ClF3N3O2. The first kappa shape index (κ1) is 17.0. The highest BCUT2D eigenvalue weighted by molar-refractivity contribution is 6.33. The lowest BCUT2D eigenvalue weighted by Gasteiger charge is -2.05. The fourth-order valence-corrected chi connectivity index (χ4v) is 2.24. The molecule has 0 unspecified atom stereocenters. The van der Waals surface area contributed by atoms with Crippen LogP contribution >= 0.6 is 11.6 Å². The van der Waals surface area contributed by atoms with E-state index in [2.05, 4.69) is 15.5 Å². The molecule has 0 aliphatic carbocycles. The number of aromatic nitrogens is 2. The van der Waals surface area contributed by atoms with Crippen molar-refractivity contribution in [3.05, 3.63) is 70.3 Å². The summed E-state index contributed by atoms with van der Waals surface area (Å²) < 4.78 is 45.0. The molecule has 0 radical (unpaired) electrons. The zero-order chi connectivity index (χ0) is 18.0. The molecule has 0 atom stereocenters. The standard InChI is InChI=1S/C16H9ClF3N3O2/c17-10-4-2-1-3-8(10)16-23-22-12(25-16)7-21-15(24)9-5-6-11(18)14(20)13(9)19/h1-6H,7H2,(H,21,24). The topological polar surface area (TPSA) is 68.0 Å². The monoisotopic (exact) mass is 367 g/mol. The summed E-state index contributed by atoms with van der Waals surface area (Å²) in [5.41, 5.74) is -0.120. The molecule has 0 spiro atoms. The van der Waals surface area contributed by atoms with Crippen LogP contribution in [-0.2, 0) is 6.54 Å². The van der Waals surface area contributed by atoms with Gasteiger partial charge in [0.2, 0.25) is 11.8 Å². The predicted octanol–water partition coefficient (Wildman–Crippen LogP) is 3.74. The molecule has 0 bridgehead atoms. The van der Waals surface area contributed by atoms with E-state index in [4.69, 9.17) is 16.0 Å². The second-order valence-corrected chi connectivity index (χ2v) is 5.29. The van der Waals surface area contributed by atoms with Crippen LogP contribution in [0, 0.1) is 17.5 Å². The molecule has 3 rings (SSSR count). The van der Waals surface area contributed by atoms with Crippen molar-refractivity contribution in [2.24, 2.45) is 0 Å². The maximum atomic E-state index is 13.6. The molecule has 0 aliphatic heterocycles. The average Bonchev–Trinajstić information content (AvgIpc) is 3.07. The van der Waals surface area contributed by atoms with Crippen LogP contribution in [0.15, 0.2) is 40.8 Å². The van der Waals surface area contributed by atoms with Crippen molar-refractivity contribution in [1.82, 2.24) is 15.5 Å². The number of nitrogens with one attached hydrogen (secondary N) is 1. The van der Waals surface area contributed by atoms with Crippen molar-refractivity contribution in [2.75, 3.05) is 0 Å². The van der Waals surface area contributed by atoms with E-state index in [1.54, 1.807) is 24.3 Å². The number of hydrogen-bond acceptors (Lipinski definition) is 4. The normalized spacial score (nSPS) is 10.7. The second-order valence-electron chi connectivity index (χ2n) is 4.89. The van der Waals surface area contributed by atoms with Gasteiger partial charge < -0.3 is 9.73 Å². The number of nitrogens with zero attached hydrogens (tertiary/aromatic N) is 2. The van der Waals surface area contributed by atoms with Gasteiger partial charge in [0, 0.05) is 0 Å². The Labute approximate surface area is 144 Å². The molecule has 0 aliphatic rings. The molecule has 1 aromatic heterocycles. The first-order valence-corrected chi connectivity index (χ1v) is 7.34. The summed E-state index contributed by atoms with van der Waals surface area (Å²) in [5.74, 6) is -5.43. The van der Waals surface area contributed by atoms with E-state index in [0.717, 1.165) is 6.07 Å². The molecule has 0 fully saturated rings. The van der Waals surface area contributed by atoms with E-state index in [-0.39, 0.29) is 18.3 Å². The maximum absolute atomic E-state index is 13.6. The van der Waals surface area contributed by atoms with Crippen molar-refractivity contribution in [1.29, 1.82) is 0 Å². The second kappa shape index (κ2) is 6.94. The zero-order valence-corrected chi connectivity index (χ0v) is 13.1. The molecule has 9 heteroatoms. The Morgan fingerprint density at radius 2 is 1.84 bits per heavy atom. The van der Waals surface area contributed by atoms with Gasteiger partial charge in [0.15, 0.2) is 17.5 Å². The van der Waals surface area contributed by atoms with Gasteiger partial charge in [0.05, 0.1) is 22.7 Å². The van der Waals surface area contributed by atoms with Gasteiger partial charge in [-0.15, -0.1) is 10.2 Å². The van der Waals surface area contributed by atoms with Crippen LogP contribution in [0.25, 0.3) is 11.5 Å². The van der Waals surface area contributed by atoms with Crippen molar-refractivity contribution in [3.63, 3.8) is 0 Å². The SMILES string of the molecule is O=C(NCc1nnc(-c2ccccc2Cl)o1)c1ccc(F)c(F)c1F. The summed E-state index contributed by atoms with van der Waals surface area (Å²) in [7, 11) is 0. The summed E-state index contributed by atoms with van der Waals surface area (Å²) in [6.07, 6.45) is 0. The smallest absolute Gasteiger partial charge is 0.254 e. The maximum Gasteiger partial charge on any atom is 0.254 e. The van der Waals surface area contributed by atoms with Crippen LogP contribution in [-0.4, -0.2) is 16.1 Å². The van der Waals surface area contributed by atoms with Crippen LogP contribution in [0.3, 0.4) is 0 Å². The van der Waals surface area contributed by atoms with E-state index >= 15 is 0 Å². The Morgan fingerprint density at radius 3 is 2.60 bits per heavy atom. The third-order valence-electron chi connectivity index (χ3n) is 3.25. The Bertz CT molecular complexity index is 946. The van der Waals surface area contributed by atoms with Crippen molar-refractivity contribution >= 4 is 17.5 Å². The minimum atomic E-state index is -1.72. The van der Waals surface area contributed by atoms with E-state index in [9.17, 15) is 18.0 Å². The molecular weight excluding hydrogens is 359 g/mol. The lowest BCUT2D eigenvalue weighted by atomic mass is 10.2. The molecule has 128 valence electrons. The third kappa shape index (κ3) is 3.48. The number of benzene rings is 2. The lowest BCUT2D eigenvalue weighted by molar-refractivity contribution is 0.0942. The fraction of sp³-hybridized carbons (Fsp3) is 0.0625. The van der Waals surface area contributed by atoms with Crippen LogP contribution in [0.1, 0.15) is 16.2 Å². The van der Waals surface area contributed by atoms with E-state index < -0.39 is 28.9 Å². The molecule has 1 amide bonds. The minimum Gasteiger partial charge on any atom is -0.419 e. The molecule has 1 N–H and O–H groups in total. The van der Waals surface area contributed by atoms with Gasteiger partial charge >= 0.3 is 0 Å². The van der Waals surface area contributed by atoms with Crippen LogP contribution in [0.2, 0.25) is 5.02 Å². The highest BCUT2D eigenvalue weighted by Gasteiger charge is 2.19. The minimum absolute atomic E-state index is 0.0336. The van der Waals surface area contributed by atoms with E-state index in [0.29, 0.717) is 16.7 Å². The number of amides is 1.